The van der Waals surface area contributed by atoms with E-state index < -0.39 is 0 Å². The van der Waals surface area contributed by atoms with E-state index in [1.54, 1.807) is 4.90 Å². The van der Waals surface area contributed by atoms with Crippen molar-refractivity contribution in [3.63, 3.8) is 0 Å². The molecule has 1 aliphatic rings. The molecule has 4 nitrogen and oxygen atoms in total. The van der Waals surface area contributed by atoms with Crippen LogP contribution in [0.5, 0.6) is 0 Å². The van der Waals surface area contributed by atoms with E-state index in [2.05, 4.69) is 24.0 Å². The van der Waals surface area contributed by atoms with Gasteiger partial charge in [-0.05, 0) is 12.1 Å². The molecule has 0 N–H and O–H groups in total. The zero-order valence-corrected chi connectivity index (χ0v) is 11.0. The molecular weight excluding hydrogens is 228 g/mol. The van der Waals surface area contributed by atoms with Gasteiger partial charge in [0.25, 0.3) is 0 Å². The minimum Gasteiger partial charge on any atom is -0.453 e. The van der Waals surface area contributed by atoms with Crippen LogP contribution in [0.2, 0.25) is 0 Å². The lowest BCUT2D eigenvalue weighted by Gasteiger charge is -2.40. The summed E-state index contributed by atoms with van der Waals surface area (Å²) in [4.78, 5) is 15.8. The molecule has 1 saturated heterocycles. The fraction of sp³-hybridized carbons (Fsp3) is 0.500. The number of amides is 1. The first kappa shape index (κ1) is 12.9. The number of nitrogens with zero attached hydrogens (tertiary/aromatic N) is 2. The number of methoxy groups -OCH3 is 1. The van der Waals surface area contributed by atoms with Gasteiger partial charge in [0.1, 0.15) is 0 Å². The maximum Gasteiger partial charge on any atom is 0.409 e. The number of likely N-dealkylation sites (N-methyl/N-ethyl adjacent to an activating group) is 1. The number of ether oxygens (including phenoxy) is 1. The topological polar surface area (TPSA) is 32.8 Å². The first-order valence-corrected chi connectivity index (χ1v) is 6.38. The van der Waals surface area contributed by atoms with Crippen LogP contribution in [-0.2, 0) is 4.74 Å². The molecule has 1 aromatic carbocycles. The molecule has 0 bridgehead atoms. The standard InChI is InChI=1S/C14H20N2O2/c1-3-15-9-10-16(14(17)18-2)11-13(15)12-7-5-4-6-8-12/h4-8,13H,3,9-11H2,1-2H3. The molecule has 0 aliphatic carbocycles. The van der Waals surface area contributed by atoms with Crippen LogP contribution >= 0.6 is 0 Å². The summed E-state index contributed by atoms with van der Waals surface area (Å²) in [5, 5.41) is 0. The van der Waals surface area contributed by atoms with E-state index in [0.29, 0.717) is 6.54 Å². The summed E-state index contributed by atoms with van der Waals surface area (Å²) in [5.41, 5.74) is 1.26. The second-order valence-corrected chi connectivity index (χ2v) is 4.47. The van der Waals surface area contributed by atoms with Gasteiger partial charge in [-0.2, -0.15) is 0 Å². The van der Waals surface area contributed by atoms with E-state index >= 15 is 0 Å². The molecular formula is C14H20N2O2. The number of benzene rings is 1. The molecule has 0 saturated carbocycles. The molecule has 1 aliphatic heterocycles. The lowest BCUT2D eigenvalue weighted by atomic mass is 10.0. The molecule has 98 valence electrons. The molecule has 4 heteroatoms. The van der Waals surface area contributed by atoms with Crippen molar-refractivity contribution in [1.82, 2.24) is 9.80 Å². The van der Waals surface area contributed by atoms with Gasteiger partial charge in [0.15, 0.2) is 0 Å². The molecule has 1 atom stereocenters. The fourth-order valence-electron chi connectivity index (χ4n) is 2.49. The zero-order valence-electron chi connectivity index (χ0n) is 11.0. The lowest BCUT2D eigenvalue weighted by molar-refractivity contribution is 0.0622. The Morgan fingerprint density at radius 1 is 1.33 bits per heavy atom. The number of carbonyl (C=O) groups excluding carboxylic acids is 1. The molecule has 1 amide bonds. The first-order valence-electron chi connectivity index (χ1n) is 6.38. The van der Waals surface area contributed by atoms with Gasteiger partial charge in [-0.1, -0.05) is 37.3 Å². The zero-order chi connectivity index (χ0) is 13.0. The highest BCUT2D eigenvalue weighted by molar-refractivity contribution is 5.67. The largest absolute Gasteiger partial charge is 0.453 e. The summed E-state index contributed by atoms with van der Waals surface area (Å²) >= 11 is 0. The van der Waals surface area contributed by atoms with Gasteiger partial charge in [0.2, 0.25) is 0 Å². The van der Waals surface area contributed by atoms with Gasteiger partial charge in [0.05, 0.1) is 13.2 Å². The van der Waals surface area contributed by atoms with Crippen molar-refractivity contribution >= 4 is 6.09 Å². The Balaban J connectivity index is 2.16. The Kier molecular flexibility index (Phi) is 4.20. The van der Waals surface area contributed by atoms with E-state index in [9.17, 15) is 4.79 Å². The minimum atomic E-state index is -0.230. The third kappa shape index (κ3) is 2.64. The number of hydrogen-bond donors (Lipinski definition) is 0. The smallest absolute Gasteiger partial charge is 0.409 e. The monoisotopic (exact) mass is 248 g/mol. The van der Waals surface area contributed by atoms with Crippen molar-refractivity contribution in [2.24, 2.45) is 0 Å². The Morgan fingerprint density at radius 3 is 2.67 bits per heavy atom. The van der Waals surface area contributed by atoms with Gasteiger partial charge in [-0.15, -0.1) is 0 Å². The molecule has 0 spiro atoms. The fourth-order valence-corrected chi connectivity index (χ4v) is 2.49. The highest BCUT2D eigenvalue weighted by atomic mass is 16.5. The molecule has 18 heavy (non-hydrogen) atoms. The summed E-state index contributed by atoms with van der Waals surface area (Å²) in [6.45, 7) is 5.48. The predicted octanol–water partition coefficient (Wildman–Crippen LogP) is 2.13. The van der Waals surface area contributed by atoms with Gasteiger partial charge < -0.3 is 9.64 Å². The molecule has 0 radical (unpaired) electrons. The van der Waals surface area contributed by atoms with E-state index in [4.69, 9.17) is 4.74 Å². The summed E-state index contributed by atoms with van der Waals surface area (Å²) in [7, 11) is 1.44. The number of rotatable bonds is 2. The highest BCUT2D eigenvalue weighted by Crippen LogP contribution is 2.25. The lowest BCUT2D eigenvalue weighted by Crippen LogP contribution is -2.50. The van der Waals surface area contributed by atoms with Crippen LogP contribution in [0.3, 0.4) is 0 Å². The average Bonchev–Trinajstić information content (AvgIpc) is 2.46. The van der Waals surface area contributed by atoms with Crippen molar-refractivity contribution in [3.8, 4) is 0 Å². The summed E-state index contributed by atoms with van der Waals surface area (Å²) in [6.07, 6.45) is -0.230. The maximum absolute atomic E-state index is 11.6. The van der Waals surface area contributed by atoms with Crippen molar-refractivity contribution < 1.29 is 9.53 Å². The quantitative estimate of drug-likeness (QED) is 0.804. The van der Waals surface area contributed by atoms with Gasteiger partial charge >= 0.3 is 6.09 Å². The van der Waals surface area contributed by atoms with Crippen LogP contribution in [0.15, 0.2) is 30.3 Å². The van der Waals surface area contributed by atoms with Crippen LogP contribution < -0.4 is 0 Å². The van der Waals surface area contributed by atoms with Crippen LogP contribution in [0.1, 0.15) is 18.5 Å². The molecule has 1 fully saturated rings. The van der Waals surface area contributed by atoms with Crippen LogP contribution in [0.25, 0.3) is 0 Å². The molecule has 2 rings (SSSR count). The molecule has 1 aromatic rings. The Hall–Kier alpha value is -1.55. The number of carbonyl (C=O) groups is 1. The van der Waals surface area contributed by atoms with E-state index in [1.807, 2.05) is 18.2 Å². The first-order chi connectivity index (χ1) is 8.76. The third-order valence-corrected chi connectivity index (χ3v) is 3.51. The van der Waals surface area contributed by atoms with Crippen molar-refractivity contribution in [1.29, 1.82) is 0 Å². The Morgan fingerprint density at radius 2 is 2.06 bits per heavy atom. The van der Waals surface area contributed by atoms with Gasteiger partial charge in [0, 0.05) is 19.6 Å². The van der Waals surface area contributed by atoms with Crippen LogP contribution in [0.4, 0.5) is 4.79 Å². The Bertz CT molecular complexity index is 394. The van der Waals surface area contributed by atoms with Crippen molar-refractivity contribution in [2.75, 3.05) is 33.3 Å². The SMILES string of the molecule is CCN1CCN(C(=O)OC)CC1c1ccccc1. The molecule has 0 aromatic heterocycles. The maximum atomic E-state index is 11.6. The van der Waals surface area contributed by atoms with E-state index in [0.717, 1.165) is 19.6 Å². The van der Waals surface area contributed by atoms with Crippen molar-refractivity contribution in [3.05, 3.63) is 35.9 Å². The van der Waals surface area contributed by atoms with Crippen LogP contribution in [0, 0.1) is 0 Å². The second kappa shape index (κ2) is 5.87. The van der Waals surface area contributed by atoms with E-state index in [1.165, 1.54) is 12.7 Å². The summed E-state index contributed by atoms with van der Waals surface area (Å²) in [6, 6.07) is 10.6. The van der Waals surface area contributed by atoms with E-state index in [-0.39, 0.29) is 12.1 Å². The van der Waals surface area contributed by atoms with Crippen molar-refractivity contribution in [2.45, 2.75) is 13.0 Å². The third-order valence-electron chi connectivity index (χ3n) is 3.51. The summed E-state index contributed by atoms with van der Waals surface area (Å²) in [5.74, 6) is 0. The normalized spacial score (nSPS) is 20.8. The van der Waals surface area contributed by atoms with Gasteiger partial charge in [-0.25, -0.2) is 4.79 Å². The minimum absolute atomic E-state index is 0.230. The average molecular weight is 248 g/mol. The molecule has 1 heterocycles. The molecule has 1 unspecified atom stereocenters. The van der Waals surface area contributed by atoms with Crippen LogP contribution in [-0.4, -0.2) is 49.2 Å². The second-order valence-electron chi connectivity index (χ2n) is 4.47. The van der Waals surface area contributed by atoms with Gasteiger partial charge in [-0.3, -0.25) is 4.90 Å². The highest BCUT2D eigenvalue weighted by Gasteiger charge is 2.29. The number of hydrogen-bond acceptors (Lipinski definition) is 3. The number of piperazine rings is 1. The predicted molar refractivity (Wildman–Crippen MR) is 70.4 cm³/mol. The summed E-state index contributed by atoms with van der Waals surface area (Å²) < 4.78 is 4.81. The Labute approximate surface area is 108 Å².